The van der Waals surface area contributed by atoms with Gasteiger partial charge in [-0.1, -0.05) is 23.7 Å². The number of para-hydroxylation sites is 1. The third-order valence-electron chi connectivity index (χ3n) is 6.85. The molecule has 0 spiro atoms. The van der Waals surface area contributed by atoms with Crippen LogP contribution >= 0.6 is 22.9 Å². The number of thiophene rings is 1. The Balaban J connectivity index is 1.27. The van der Waals surface area contributed by atoms with Crippen LogP contribution in [0.1, 0.15) is 17.8 Å². The lowest BCUT2D eigenvalue weighted by molar-refractivity contribution is 0.178. The first-order chi connectivity index (χ1) is 18.2. The highest BCUT2D eigenvalue weighted by molar-refractivity contribution is 7.91. The molecule has 0 aliphatic carbocycles. The minimum atomic E-state index is -3.58. The van der Waals surface area contributed by atoms with E-state index in [0.29, 0.717) is 42.0 Å². The van der Waals surface area contributed by atoms with Gasteiger partial charge in [0.2, 0.25) is 0 Å². The summed E-state index contributed by atoms with van der Waals surface area (Å²) < 4.78 is 30.0. The van der Waals surface area contributed by atoms with E-state index in [1.54, 1.807) is 10.4 Å². The van der Waals surface area contributed by atoms with Gasteiger partial charge in [-0.3, -0.25) is 4.90 Å². The molecule has 0 saturated carbocycles. The first-order valence-electron chi connectivity index (χ1n) is 12.8. The lowest BCUT2D eigenvalue weighted by Gasteiger charge is -2.33. The highest BCUT2D eigenvalue weighted by atomic mass is 35.5. The Labute approximate surface area is 233 Å². The zero-order valence-electron chi connectivity index (χ0n) is 21.9. The van der Waals surface area contributed by atoms with Gasteiger partial charge in [-0.25, -0.2) is 18.4 Å². The van der Waals surface area contributed by atoms with Crippen LogP contribution in [0.2, 0.25) is 5.02 Å². The van der Waals surface area contributed by atoms with Crippen molar-refractivity contribution in [2.24, 2.45) is 0 Å². The first kappa shape index (κ1) is 27.2. The second-order valence-corrected chi connectivity index (χ2v) is 13.5. The summed E-state index contributed by atoms with van der Waals surface area (Å²) in [7, 11) is 0.564. The Morgan fingerprint density at radius 3 is 2.58 bits per heavy atom. The van der Waals surface area contributed by atoms with Gasteiger partial charge in [-0.2, -0.15) is 4.31 Å². The minimum absolute atomic E-state index is 0.408. The van der Waals surface area contributed by atoms with Crippen molar-refractivity contribution in [3.63, 3.8) is 0 Å². The molecule has 8 nitrogen and oxygen atoms in total. The highest BCUT2D eigenvalue weighted by Crippen LogP contribution is 2.37. The quantitative estimate of drug-likeness (QED) is 0.292. The Morgan fingerprint density at radius 2 is 1.82 bits per heavy atom. The average molecular weight is 573 g/mol. The van der Waals surface area contributed by atoms with Crippen molar-refractivity contribution in [3.05, 3.63) is 58.9 Å². The highest BCUT2D eigenvalue weighted by Gasteiger charge is 2.32. The number of fused-ring (bicyclic) bond motifs is 2. The summed E-state index contributed by atoms with van der Waals surface area (Å²) in [6.07, 6.45) is 1.02. The van der Waals surface area contributed by atoms with E-state index in [2.05, 4.69) is 29.2 Å². The van der Waals surface area contributed by atoms with Crippen LogP contribution in [0.3, 0.4) is 0 Å². The number of halogens is 1. The first-order valence-corrected chi connectivity index (χ1v) is 15.4. The van der Waals surface area contributed by atoms with E-state index < -0.39 is 10.0 Å². The number of nitrogens with one attached hydrogen (secondary N) is 1. The second-order valence-electron chi connectivity index (χ2n) is 9.92. The van der Waals surface area contributed by atoms with Gasteiger partial charge >= 0.3 is 0 Å². The molecule has 0 unspecified atom stereocenters. The number of hydrogen-bond acceptors (Lipinski definition) is 8. The maximum atomic E-state index is 13.5. The third-order valence-corrected chi connectivity index (χ3v) is 10.9. The van der Waals surface area contributed by atoms with Crippen LogP contribution in [-0.2, 0) is 16.6 Å². The number of piperazine rings is 1. The lowest BCUT2D eigenvalue weighted by Crippen LogP contribution is -2.48. The van der Waals surface area contributed by atoms with Gasteiger partial charge < -0.3 is 10.2 Å². The molecule has 3 heterocycles. The van der Waals surface area contributed by atoms with E-state index >= 15 is 0 Å². The van der Waals surface area contributed by atoms with E-state index in [1.807, 2.05) is 43.3 Å². The molecule has 202 valence electrons. The Bertz CT molecular complexity index is 1550. The van der Waals surface area contributed by atoms with Crippen LogP contribution in [0, 0.1) is 6.92 Å². The molecule has 1 aliphatic heterocycles. The minimum Gasteiger partial charge on any atom is -0.369 e. The number of sulfonamides is 1. The standard InChI is InChI=1S/C27H33ClN6O2S2/c1-19-22-17-20(28)9-10-24(22)37-27(19)38(35,36)34-15-13-33(14-16-34)18-25-30-23-8-5-4-7-21(23)26(31-25)29-11-6-12-32(2)3/h4-5,7-10,17H,6,11-16,18H2,1-3H3,(H,29,30,31). The average Bonchev–Trinajstić information content (AvgIpc) is 3.23. The van der Waals surface area contributed by atoms with E-state index in [4.69, 9.17) is 21.6 Å². The molecule has 38 heavy (non-hydrogen) atoms. The van der Waals surface area contributed by atoms with Crippen LogP contribution in [-0.4, -0.2) is 85.9 Å². The van der Waals surface area contributed by atoms with E-state index in [0.717, 1.165) is 57.7 Å². The maximum absolute atomic E-state index is 13.5. The monoisotopic (exact) mass is 572 g/mol. The van der Waals surface area contributed by atoms with Crippen molar-refractivity contribution in [2.45, 2.75) is 24.1 Å². The number of rotatable bonds is 9. The fraction of sp³-hybridized carbons (Fsp3) is 0.407. The molecular weight excluding hydrogens is 540 g/mol. The van der Waals surface area contributed by atoms with E-state index in [9.17, 15) is 8.42 Å². The smallest absolute Gasteiger partial charge is 0.252 e. The molecule has 1 fully saturated rings. The second kappa shape index (κ2) is 11.4. The summed E-state index contributed by atoms with van der Waals surface area (Å²) in [5.74, 6) is 1.60. The molecule has 4 aromatic rings. The summed E-state index contributed by atoms with van der Waals surface area (Å²) in [4.78, 5) is 14.0. The molecular formula is C27H33ClN6O2S2. The molecule has 1 N–H and O–H groups in total. The van der Waals surface area contributed by atoms with Gasteiger partial charge in [0, 0.05) is 47.8 Å². The number of aryl methyl sites for hydroxylation is 1. The van der Waals surface area contributed by atoms with Crippen molar-refractivity contribution < 1.29 is 8.42 Å². The molecule has 0 atom stereocenters. The molecule has 5 rings (SSSR count). The summed E-state index contributed by atoms with van der Waals surface area (Å²) in [5, 5.41) is 6.02. The predicted octanol–water partition coefficient (Wildman–Crippen LogP) is 4.68. The van der Waals surface area contributed by atoms with Crippen molar-refractivity contribution in [3.8, 4) is 0 Å². The number of nitrogens with zero attached hydrogens (tertiary/aromatic N) is 5. The molecule has 2 aromatic carbocycles. The molecule has 2 aromatic heterocycles. The van der Waals surface area contributed by atoms with Gasteiger partial charge in [0.15, 0.2) is 0 Å². The van der Waals surface area contributed by atoms with Gasteiger partial charge in [-0.05, 0) is 75.3 Å². The zero-order chi connectivity index (χ0) is 26.9. The molecule has 0 bridgehead atoms. The van der Waals surface area contributed by atoms with Crippen molar-refractivity contribution in [1.29, 1.82) is 0 Å². The molecule has 11 heteroatoms. The Morgan fingerprint density at radius 1 is 1.05 bits per heavy atom. The van der Waals surface area contributed by atoms with Crippen molar-refractivity contribution >= 4 is 59.8 Å². The summed E-state index contributed by atoms with van der Waals surface area (Å²) in [5.41, 5.74) is 1.68. The number of aromatic nitrogens is 2. The van der Waals surface area contributed by atoms with Gasteiger partial charge in [0.25, 0.3) is 10.0 Å². The topological polar surface area (TPSA) is 81.7 Å². The fourth-order valence-electron chi connectivity index (χ4n) is 4.79. The van der Waals surface area contributed by atoms with Gasteiger partial charge in [-0.15, -0.1) is 11.3 Å². The fourth-order valence-corrected chi connectivity index (χ4v) is 8.27. The summed E-state index contributed by atoms with van der Waals surface area (Å²) in [6.45, 7) is 6.38. The molecule has 0 radical (unpaired) electrons. The molecule has 0 amide bonds. The SMILES string of the molecule is Cc1c(S(=O)(=O)N2CCN(Cc3nc(NCCCN(C)C)c4ccccc4n3)CC2)sc2ccc(Cl)cc12. The zero-order valence-corrected chi connectivity index (χ0v) is 24.3. The number of anilines is 1. The maximum Gasteiger partial charge on any atom is 0.252 e. The normalized spacial score (nSPS) is 15.6. The van der Waals surface area contributed by atoms with Gasteiger partial charge in [0.1, 0.15) is 15.9 Å². The number of benzene rings is 2. The molecule has 1 aliphatic rings. The lowest BCUT2D eigenvalue weighted by atomic mass is 10.2. The van der Waals surface area contributed by atoms with Crippen LogP contribution in [0.5, 0.6) is 0 Å². The van der Waals surface area contributed by atoms with Crippen LogP contribution in [0.4, 0.5) is 5.82 Å². The Hall–Kier alpha value is -2.34. The third kappa shape index (κ3) is 5.80. The van der Waals surface area contributed by atoms with E-state index in [1.165, 1.54) is 11.3 Å². The summed E-state index contributed by atoms with van der Waals surface area (Å²) in [6, 6.07) is 13.6. The summed E-state index contributed by atoms with van der Waals surface area (Å²) >= 11 is 7.47. The van der Waals surface area contributed by atoms with Crippen LogP contribution in [0.25, 0.3) is 21.0 Å². The van der Waals surface area contributed by atoms with Crippen LogP contribution in [0.15, 0.2) is 46.7 Å². The predicted molar refractivity (Wildman–Crippen MR) is 157 cm³/mol. The Kier molecular flexibility index (Phi) is 8.18. The van der Waals surface area contributed by atoms with Crippen molar-refractivity contribution in [2.75, 3.05) is 58.7 Å². The van der Waals surface area contributed by atoms with E-state index in [-0.39, 0.29) is 0 Å². The number of hydrogen-bond donors (Lipinski definition) is 1. The van der Waals surface area contributed by atoms with Crippen molar-refractivity contribution in [1.82, 2.24) is 24.1 Å². The van der Waals surface area contributed by atoms with Crippen LogP contribution < -0.4 is 5.32 Å². The van der Waals surface area contributed by atoms with Gasteiger partial charge in [0.05, 0.1) is 12.1 Å². The largest absolute Gasteiger partial charge is 0.369 e. The molecule has 1 saturated heterocycles.